The molecule has 0 atom stereocenters. The molecule has 0 aliphatic heterocycles. The van der Waals surface area contributed by atoms with Gasteiger partial charge >= 0.3 is 0 Å². The smallest absolute Gasteiger partial charge is 0.186 e. The number of nitrogens with two attached hydrogens (primary N) is 1. The third kappa shape index (κ3) is 2.05. The zero-order chi connectivity index (χ0) is 11.9. The van der Waals surface area contributed by atoms with E-state index in [9.17, 15) is 4.39 Å². The highest BCUT2D eigenvalue weighted by atomic mass is 79.9. The number of hydrogen-bond acceptors (Lipinski definition) is 4. The fourth-order valence-electron chi connectivity index (χ4n) is 1.15. The monoisotopic (exact) mass is 321 g/mol. The second-order valence-electron chi connectivity index (χ2n) is 3.06. The fraction of sp³-hybridized carbons (Fsp3) is 0.111. The van der Waals surface area contributed by atoms with Crippen molar-refractivity contribution < 1.29 is 4.39 Å². The molecular formula is C9H6BrClFN3S. The van der Waals surface area contributed by atoms with Crippen LogP contribution in [0.4, 0.5) is 10.2 Å². The van der Waals surface area contributed by atoms with Crippen molar-refractivity contribution in [3.63, 3.8) is 0 Å². The van der Waals surface area contributed by atoms with E-state index in [1.807, 2.05) is 0 Å². The van der Waals surface area contributed by atoms with Crippen LogP contribution in [0.1, 0.15) is 5.69 Å². The Kier molecular flexibility index (Phi) is 3.14. The van der Waals surface area contributed by atoms with E-state index in [4.69, 9.17) is 17.3 Å². The molecule has 0 fully saturated rings. The first-order chi connectivity index (χ1) is 7.49. The molecule has 3 nitrogen and oxygen atoms in total. The van der Waals surface area contributed by atoms with Gasteiger partial charge in [-0.15, -0.1) is 11.3 Å². The van der Waals surface area contributed by atoms with Crippen molar-refractivity contribution in [2.75, 3.05) is 5.73 Å². The predicted molar refractivity (Wildman–Crippen MR) is 67.2 cm³/mol. The van der Waals surface area contributed by atoms with Gasteiger partial charge in [0.2, 0.25) is 0 Å². The molecule has 2 rings (SSSR count). The van der Waals surface area contributed by atoms with E-state index in [-0.39, 0.29) is 11.5 Å². The van der Waals surface area contributed by atoms with Crippen LogP contribution in [0.2, 0.25) is 4.34 Å². The van der Waals surface area contributed by atoms with E-state index >= 15 is 0 Å². The molecule has 0 spiro atoms. The van der Waals surface area contributed by atoms with Gasteiger partial charge in [0.25, 0.3) is 0 Å². The Morgan fingerprint density at radius 1 is 1.50 bits per heavy atom. The summed E-state index contributed by atoms with van der Waals surface area (Å²) in [4.78, 5) is 8.65. The molecule has 2 aromatic rings. The molecule has 84 valence electrons. The standard InChI is InChI=1S/C9H6BrClFN3S/c1-3-6(12)8(13)15-9(14-3)5-2-4(10)7(11)16-5/h2H,1H3,(H2,13,14,15). The molecule has 0 aliphatic rings. The maximum absolute atomic E-state index is 13.2. The molecule has 2 N–H and O–H groups in total. The van der Waals surface area contributed by atoms with Crippen LogP contribution in [-0.4, -0.2) is 9.97 Å². The first-order valence-corrected chi connectivity index (χ1v) is 6.22. The van der Waals surface area contributed by atoms with Crippen molar-refractivity contribution in [1.82, 2.24) is 9.97 Å². The number of halogens is 3. The number of thiophene rings is 1. The van der Waals surface area contributed by atoms with Crippen LogP contribution in [0.15, 0.2) is 10.5 Å². The number of rotatable bonds is 1. The average molecular weight is 323 g/mol. The summed E-state index contributed by atoms with van der Waals surface area (Å²) < 4.78 is 14.6. The van der Waals surface area contributed by atoms with Gasteiger partial charge in [-0.25, -0.2) is 14.4 Å². The lowest BCUT2D eigenvalue weighted by Gasteiger charge is -2.02. The van der Waals surface area contributed by atoms with Gasteiger partial charge in [-0.2, -0.15) is 0 Å². The Morgan fingerprint density at radius 2 is 2.19 bits per heavy atom. The molecule has 2 heterocycles. The predicted octanol–water partition coefficient (Wildman–Crippen LogP) is 3.65. The second kappa shape index (κ2) is 4.27. The minimum absolute atomic E-state index is 0.150. The lowest BCUT2D eigenvalue weighted by atomic mass is 10.3. The van der Waals surface area contributed by atoms with Gasteiger partial charge in [0.15, 0.2) is 17.5 Å². The quantitative estimate of drug-likeness (QED) is 0.872. The van der Waals surface area contributed by atoms with Gasteiger partial charge in [-0.3, -0.25) is 0 Å². The van der Waals surface area contributed by atoms with E-state index in [2.05, 4.69) is 25.9 Å². The van der Waals surface area contributed by atoms with E-state index in [1.54, 1.807) is 13.0 Å². The van der Waals surface area contributed by atoms with E-state index in [0.29, 0.717) is 10.2 Å². The highest BCUT2D eigenvalue weighted by Gasteiger charge is 2.13. The molecule has 0 saturated carbocycles. The van der Waals surface area contributed by atoms with Crippen LogP contribution in [0.5, 0.6) is 0 Å². The highest BCUT2D eigenvalue weighted by Crippen LogP contribution is 2.37. The summed E-state index contributed by atoms with van der Waals surface area (Å²) in [6.45, 7) is 1.54. The van der Waals surface area contributed by atoms with Crippen LogP contribution in [0.25, 0.3) is 10.7 Å². The van der Waals surface area contributed by atoms with E-state index < -0.39 is 5.82 Å². The number of anilines is 1. The van der Waals surface area contributed by atoms with Gasteiger partial charge in [0, 0.05) is 4.47 Å². The van der Waals surface area contributed by atoms with Crippen molar-refractivity contribution in [3.05, 3.63) is 26.4 Å². The summed E-state index contributed by atoms with van der Waals surface area (Å²) in [5.74, 6) is -0.345. The molecule has 0 radical (unpaired) electrons. The maximum atomic E-state index is 13.2. The Balaban J connectivity index is 2.56. The van der Waals surface area contributed by atoms with Gasteiger partial charge < -0.3 is 5.73 Å². The van der Waals surface area contributed by atoms with Crippen molar-refractivity contribution in [2.45, 2.75) is 6.92 Å². The minimum Gasteiger partial charge on any atom is -0.381 e. The summed E-state index contributed by atoms with van der Waals surface area (Å²) in [6.07, 6.45) is 0. The number of nitrogens with zero attached hydrogens (tertiary/aromatic N) is 2. The molecule has 0 aromatic carbocycles. The van der Waals surface area contributed by atoms with Crippen LogP contribution < -0.4 is 5.73 Å². The second-order valence-corrected chi connectivity index (χ2v) is 5.57. The minimum atomic E-state index is -0.578. The average Bonchev–Trinajstić information content (AvgIpc) is 2.55. The first kappa shape index (κ1) is 11.8. The lowest BCUT2D eigenvalue weighted by molar-refractivity contribution is 0.608. The summed E-state index contributed by atoms with van der Waals surface area (Å²) in [6, 6.07) is 1.78. The highest BCUT2D eigenvalue weighted by molar-refractivity contribution is 9.10. The van der Waals surface area contributed by atoms with Crippen LogP contribution in [-0.2, 0) is 0 Å². The van der Waals surface area contributed by atoms with Crippen molar-refractivity contribution in [1.29, 1.82) is 0 Å². The van der Waals surface area contributed by atoms with Crippen LogP contribution in [0.3, 0.4) is 0 Å². The van der Waals surface area contributed by atoms with Gasteiger partial charge in [-0.1, -0.05) is 11.6 Å². The Morgan fingerprint density at radius 3 is 2.69 bits per heavy atom. The third-order valence-corrected chi connectivity index (χ3v) is 4.38. The van der Waals surface area contributed by atoms with Crippen LogP contribution >= 0.6 is 38.9 Å². The SMILES string of the molecule is Cc1nc(-c2cc(Br)c(Cl)s2)nc(N)c1F. The van der Waals surface area contributed by atoms with Crippen LogP contribution in [0, 0.1) is 12.7 Å². The zero-order valence-corrected chi connectivity index (χ0v) is 11.2. The molecular weight excluding hydrogens is 317 g/mol. The molecule has 0 amide bonds. The van der Waals surface area contributed by atoms with E-state index in [0.717, 1.165) is 9.35 Å². The number of nitrogen functional groups attached to an aromatic ring is 1. The Bertz CT molecular complexity index is 515. The van der Waals surface area contributed by atoms with Gasteiger partial charge in [0.05, 0.1) is 10.6 Å². The molecule has 0 unspecified atom stereocenters. The molecule has 0 saturated heterocycles. The normalized spacial score (nSPS) is 10.8. The zero-order valence-electron chi connectivity index (χ0n) is 8.09. The maximum Gasteiger partial charge on any atom is 0.186 e. The Labute approximate surface area is 109 Å². The van der Waals surface area contributed by atoms with Crippen molar-refractivity contribution in [2.24, 2.45) is 0 Å². The van der Waals surface area contributed by atoms with Crippen molar-refractivity contribution in [3.8, 4) is 10.7 Å². The molecule has 0 aliphatic carbocycles. The Hall–Kier alpha value is -0.720. The number of aromatic nitrogens is 2. The number of aryl methyl sites for hydroxylation is 1. The molecule has 2 aromatic heterocycles. The van der Waals surface area contributed by atoms with E-state index in [1.165, 1.54) is 11.3 Å². The summed E-state index contributed by atoms with van der Waals surface area (Å²) >= 11 is 10.5. The summed E-state index contributed by atoms with van der Waals surface area (Å²) in [5, 5.41) is 0. The fourth-order valence-corrected chi connectivity index (χ4v) is 2.78. The molecule has 7 heteroatoms. The molecule has 0 bridgehead atoms. The third-order valence-electron chi connectivity index (χ3n) is 1.91. The van der Waals surface area contributed by atoms with Gasteiger partial charge in [-0.05, 0) is 28.9 Å². The lowest BCUT2D eigenvalue weighted by Crippen LogP contribution is -2.02. The number of hydrogen-bond donors (Lipinski definition) is 1. The van der Waals surface area contributed by atoms with Crippen molar-refractivity contribution >= 4 is 44.7 Å². The largest absolute Gasteiger partial charge is 0.381 e. The molecule has 16 heavy (non-hydrogen) atoms. The first-order valence-electron chi connectivity index (χ1n) is 4.24. The topological polar surface area (TPSA) is 51.8 Å². The summed E-state index contributed by atoms with van der Waals surface area (Å²) in [7, 11) is 0. The summed E-state index contributed by atoms with van der Waals surface area (Å²) in [5.41, 5.74) is 5.66. The van der Waals surface area contributed by atoms with Gasteiger partial charge in [0.1, 0.15) is 4.34 Å².